The molecular formula is C15H22O2. The zero-order chi connectivity index (χ0) is 13.1. The molecular weight excluding hydrogens is 212 g/mol. The monoisotopic (exact) mass is 234 g/mol. The zero-order valence-corrected chi connectivity index (χ0v) is 11.2. The van der Waals surface area contributed by atoms with Gasteiger partial charge in [0.15, 0.2) is 0 Å². The zero-order valence-electron chi connectivity index (χ0n) is 11.2. The van der Waals surface area contributed by atoms with Gasteiger partial charge in [-0.2, -0.15) is 0 Å². The number of hydrogen-bond donors (Lipinski definition) is 1. The van der Waals surface area contributed by atoms with Crippen LogP contribution in [-0.2, 0) is 4.79 Å². The lowest BCUT2D eigenvalue weighted by molar-refractivity contribution is -0.131. The van der Waals surface area contributed by atoms with Crippen LogP contribution in [0, 0.1) is 5.41 Å². The van der Waals surface area contributed by atoms with Crippen molar-refractivity contribution in [2.24, 2.45) is 5.41 Å². The molecule has 0 saturated carbocycles. The van der Waals surface area contributed by atoms with Crippen molar-refractivity contribution < 1.29 is 9.90 Å². The summed E-state index contributed by atoms with van der Waals surface area (Å²) < 4.78 is 0. The molecule has 2 nitrogen and oxygen atoms in total. The Labute approximate surface area is 104 Å². The molecule has 0 atom stereocenters. The highest BCUT2D eigenvalue weighted by Crippen LogP contribution is 2.40. The highest BCUT2D eigenvalue weighted by atomic mass is 16.4. The summed E-state index contributed by atoms with van der Waals surface area (Å²) in [5, 5.41) is 8.65. The maximum Gasteiger partial charge on any atom is 0.328 e. The van der Waals surface area contributed by atoms with E-state index in [2.05, 4.69) is 26.8 Å². The summed E-state index contributed by atoms with van der Waals surface area (Å²) in [6.45, 7) is 8.50. The quantitative estimate of drug-likeness (QED) is 0.589. The summed E-state index contributed by atoms with van der Waals surface area (Å²) in [5.41, 5.74) is 3.78. The van der Waals surface area contributed by atoms with Crippen LogP contribution in [0.25, 0.3) is 0 Å². The van der Waals surface area contributed by atoms with Gasteiger partial charge in [-0.05, 0) is 49.7 Å². The van der Waals surface area contributed by atoms with Crippen molar-refractivity contribution in [2.45, 2.75) is 47.0 Å². The van der Waals surface area contributed by atoms with Crippen LogP contribution in [0.2, 0.25) is 0 Å². The van der Waals surface area contributed by atoms with E-state index in [9.17, 15) is 4.79 Å². The molecule has 0 saturated heterocycles. The third kappa shape index (κ3) is 3.88. The Bertz CT molecular complexity index is 395. The highest BCUT2D eigenvalue weighted by Gasteiger charge is 2.26. The van der Waals surface area contributed by atoms with Crippen LogP contribution < -0.4 is 0 Å². The minimum atomic E-state index is -0.888. The van der Waals surface area contributed by atoms with E-state index in [1.807, 2.05) is 13.0 Å². The first-order valence-electron chi connectivity index (χ1n) is 6.12. The van der Waals surface area contributed by atoms with E-state index in [1.165, 1.54) is 30.1 Å². The van der Waals surface area contributed by atoms with Gasteiger partial charge in [-0.1, -0.05) is 31.6 Å². The molecule has 0 aromatic heterocycles. The van der Waals surface area contributed by atoms with Gasteiger partial charge in [-0.15, -0.1) is 0 Å². The Morgan fingerprint density at radius 3 is 2.59 bits per heavy atom. The van der Waals surface area contributed by atoms with Crippen molar-refractivity contribution in [3.05, 3.63) is 34.9 Å². The molecule has 0 aliphatic heterocycles. The number of carboxylic acid groups (broad SMARTS) is 1. The first-order chi connectivity index (χ1) is 7.83. The van der Waals surface area contributed by atoms with Crippen LogP contribution in [0.15, 0.2) is 34.9 Å². The van der Waals surface area contributed by atoms with E-state index in [0.29, 0.717) is 0 Å². The molecule has 0 heterocycles. The van der Waals surface area contributed by atoms with Crippen LogP contribution in [0.3, 0.4) is 0 Å². The van der Waals surface area contributed by atoms with Gasteiger partial charge in [0.05, 0.1) is 0 Å². The average molecular weight is 234 g/mol. The topological polar surface area (TPSA) is 37.3 Å². The average Bonchev–Trinajstić information content (AvgIpc) is 2.14. The Hall–Kier alpha value is -1.31. The molecule has 0 aromatic rings. The van der Waals surface area contributed by atoms with E-state index >= 15 is 0 Å². The van der Waals surface area contributed by atoms with Crippen molar-refractivity contribution >= 4 is 5.97 Å². The van der Waals surface area contributed by atoms with Gasteiger partial charge in [-0.3, -0.25) is 0 Å². The number of carbonyl (C=O) groups is 1. The summed E-state index contributed by atoms with van der Waals surface area (Å²) in [6.07, 6.45) is 8.84. The van der Waals surface area contributed by atoms with Gasteiger partial charge in [0.1, 0.15) is 0 Å². The minimum absolute atomic E-state index is 0.211. The number of hydrogen-bond acceptors (Lipinski definition) is 1. The molecule has 0 aromatic carbocycles. The molecule has 1 aliphatic carbocycles. The van der Waals surface area contributed by atoms with E-state index in [0.717, 1.165) is 12.0 Å². The first-order valence-corrected chi connectivity index (χ1v) is 6.12. The van der Waals surface area contributed by atoms with Crippen LogP contribution in [0.1, 0.15) is 47.0 Å². The summed E-state index contributed by atoms with van der Waals surface area (Å²) in [5.74, 6) is -0.888. The lowest BCUT2D eigenvalue weighted by Gasteiger charge is -2.32. The maximum atomic E-state index is 10.5. The second kappa shape index (κ2) is 5.35. The second-order valence-corrected chi connectivity index (χ2v) is 5.49. The molecule has 0 fully saturated rings. The van der Waals surface area contributed by atoms with Gasteiger partial charge in [0, 0.05) is 6.08 Å². The Morgan fingerprint density at radius 1 is 1.41 bits per heavy atom. The van der Waals surface area contributed by atoms with Crippen LogP contribution in [0.5, 0.6) is 0 Å². The standard InChI is InChI=1S/C15H22O2/c1-11(10-14(16)17)7-8-13-12(2)6-5-9-15(13,3)4/h7-8,10H,5-6,9H2,1-4H3,(H,16,17)/b8-7-,11-10-. The Balaban J connectivity index is 2.93. The fraction of sp³-hybridized carbons (Fsp3) is 0.533. The maximum absolute atomic E-state index is 10.5. The van der Waals surface area contributed by atoms with Crippen LogP contribution >= 0.6 is 0 Å². The van der Waals surface area contributed by atoms with Crippen molar-refractivity contribution in [1.29, 1.82) is 0 Å². The Morgan fingerprint density at radius 2 is 2.06 bits per heavy atom. The number of rotatable bonds is 3. The molecule has 2 heteroatoms. The fourth-order valence-corrected chi connectivity index (χ4v) is 2.47. The van der Waals surface area contributed by atoms with Gasteiger partial charge in [0.25, 0.3) is 0 Å². The van der Waals surface area contributed by atoms with E-state index in [-0.39, 0.29) is 5.41 Å². The van der Waals surface area contributed by atoms with Crippen molar-refractivity contribution in [3.63, 3.8) is 0 Å². The predicted molar refractivity (Wildman–Crippen MR) is 70.9 cm³/mol. The summed E-state index contributed by atoms with van der Waals surface area (Å²) in [7, 11) is 0. The molecule has 0 unspecified atom stereocenters. The number of aliphatic carboxylic acids is 1. The van der Waals surface area contributed by atoms with Crippen molar-refractivity contribution in [1.82, 2.24) is 0 Å². The summed E-state index contributed by atoms with van der Waals surface area (Å²) in [6, 6.07) is 0. The van der Waals surface area contributed by atoms with Crippen LogP contribution in [-0.4, -0.2) is 11.1 Å². The predicted octanol–water partition coefficient (Wildman–Crippen LogP) is 4.10. The summed E-state index contributed by atoms with van der Waals surface area (Å²) in [4.78, 5) is 10.5. The molecule has 1 rings (SSSR count). The van der Waals surface area contributed by atoms with Gasteiger partial charge in [0.2, 0.25) is 0 Å². The smallest absolute Gasteiger partial charge is 0.328 e. The van der Waals surface area contributed by atoms with Gasteiger partial charge in [-0.25, -0.2) is 4.79 Å². The second-order valence-electron chi connectivity index (χ2n) is 5.49. The summed E-state index contributed by atoms with van der Waals surface area (Å²) >= 11 is 0. The van der Waals surface area contributed by atoms with Crippen molar-refractivity contribution in [2.75, 3.05) is 0 Å². The minimum Gasteiger partial charge on any atom is -0.478 e. The molecule has 1 aliphatic rings. The third-order valence-corrected chi connectivity index (χ3v) is 3.41. The van der Waals surface area contributed by atoms with E-state index < -0.39 is 5.97 Å². The van der Waals surface area contributed by atoms with Crippen LogP contribution in [0.4, 0.5) is 0 Å². The van der Waals surface area contributed by atoms with E-state index in [4.69, 9.17) is 5.11 Å². The largest absolute Gasteiger partial charge is 0.478 e. The Kier molecular flexibility index (Phi) is 4.33. The molecule has 0 radical (unpaired) electrons. The van der Waals surface area contributed by atoms with Gasteiger partial charge < -0.3 is 5.11 Å². The fourth-order valence-electron chi connectivity index (χ4n) is 2.47. The number of allylic oxidation sites excluding steroid dienone is 5. The molecule has 0 bridgehead atoms. The normalized spacial score (nSPS) is 21.1. The SMILES string of the molecule is CC1=C(/C=C\C(C)=C/C(=O)O)C(C)(C)CCC1. The molecule has 1 N–H and O–H groups in total. The molecule has 17 heavy (non-hydrogen) atoms. The van der Waals surface area contributed by atoms with E-state index in [1.54, 1.807) is 0 Å². The third-order valence-electron chi connectivity index (χ3n) is 3.41. The lowest BCUT2D eigenvalue weighted by atomic mass is 9.72. The van der Waals surface area contributed by atoms with Crippen molar-refractivity contribution in [3.8, 4) is 0 Å². The molecule has 94 valence electrons. The molecule has 0 spiro atoms. The molecule has 0 amide bonds. The lowest BCUT2D eigenvalue weighted by Crippen LogP contribution is -2.19. The first kappa shape index (κ1) is 13.8. The highest BCUT2D eigenvalue weighted by molar-refractivity contribution is 5.81. The van der Waals surface area contributed by atoms with Gasteiger partial charge >= 0.3 is 5.97 Å². The number of carboxylic acids is 1.